The summed E-state index contributed by atoms with van der Waals surface area (Å²) in [6, 6.07) is 0. The van der Waals surface area contributed by atoms with E-state index < -0.39 is 11.7 Å². The van der Waals surface area contributed by atoms with E-state index in [9.17, 15) is 15.3 Å². The van der Waals surface area contributed by atoms with Gasteiger partial charge in [-0.15, -0.1) is 0 Å². The molecule has 0 unspecified atom stereocenters. The summed E-state index contributed by atoms with van der Waals surface area (Å²) in [6.45, 7) is 16.1. The van der Waals surface area contributed by atoms with Gasteiger partial charge in [-0.25, -0.2) is 0 Å². The standard InChI is InChI=1S/C31H52O4/c1-20(9-12-26(34)31(7,19-32)35-8)21-13-17-30(6)23-10-11-24-27(2,3)25(33)15-16-28(24,4)22(23)14-18-29(21,30)5/h10,14,20-21,24-26,32-34H,9,11-13,15-19H2,1-8H3/t20-,21-,24+,25+,26+,28-,29-,30+,31-/m1/s1. The molecular formula is C31H52O4. The molecule has 2 fully saturated rings. The van der Waals surface area contributed by atoms with Crippen LogP contribution in [0.15, 0.2) is 23.3 Å². The third kappa shape index (κ3) is 3.83. The molecule has 2 saturated carbocycles. The van der Waals surface area contributed by atoms with Gasteiger partial charge in [0.05, 0.1) is 18.8 Å². The summed E-state index contributed by atoms with van der Waals surface area (Å²) >= 11 is 0. The van der Waals surface area contributed by atoms with Crippen molar-refractivity contribution in [3.8, 4) is 0 Å². The molecule has 0 aliphatic heterocycles. The molecule has 4 heteroatoms. The zero-order valence-electron chi connectivity index (χ0n) is 23.7. The Bertz CT molecular complexity index is 869. The van der Waals surface area contributed by atoms with Crippen LogP contribution in [0.5, 0.6) is 0 Å². The van der Waals surface area contributed by atoms with Crippen molar-refractivity contribution in [2.24, 2.45) is 39.4 Å². The first-order chi connectivity index (χ1) is 16.2. The van der Waals surface area contributed by atoms with Crippen molar-refractivity contribution in [2.45, 2.75) is 118 Å². The molecular weight excluding hydrogens is 436 g/mol. The summed E-state index contributed by atoms with van der Waals surface area (Å²) in [5, 5.41) is 31.3. The van der Waals surface area contributed by atoms with Crippen molar-refractivity contribution in [2.75, 3.05) is 13.7 Å². The van der Waals surface area contributed by atoms with Gasteiger partial charge < -0.3 is 20.1 Å². The fourth-order valence-corrected chi connectivity index (χ4v) is 9.18. The van der Waals surface area contributed by atoms with Gasteiger partial charge in [0.15, 0.2) is 0 Å². The van der Waals surface area contributed by atoms with Crippen molar-refractivity contribution in [3.05, 3.63) is 23.3 Å². The van der Waals surface area contributed by atoms with E-state index in [4.69, 9.17) is 4.74 Å². The van der Waals surface area contributed by atoms with E-state index in [2.05, 4.69) is 53.7 Å². The van der Waals surface area contributed by atoms with Gasteiger partial charge in [-0.3, -0.25) is 0 Å². The molecule has 35 heavy (non-hydrogen) atoms. The summed E-state index contributed by atoms with van der Waals surface area (Å²) in [5.41, 5.74) is 2.79. The van der Waals surface area contributed by atoms with Crippen molar-refractivity contribution in [1.82, 2.24) is 0 Å². The summed E-state index contributed by atoms with van der Waals surface area (Å²) in [5.74, 6) is 1.60. The Morgan fingerprint density at radius 1 is 1.06 bits per heavy atom. The summed E-state index contributed by atoms with van der Waals surface area (Å²) in [6.07, 6.45) is 12.5. The summed E-state index contributed by atoms with van der Waals surface area (Å²) in [7, 11) is 1.56. The van der Waals surface area contributed by atoms with E-state index in [-0.39, 0.29) is 34.4 Å². The van der Waals surface area contributed by atoms with Crippen LogP contribution < -0.4 is 0 Å². The minimum atomic E-state index is -0.892. The lowest BCUT2D eigenvalue weighted by atomic mass is 9.44. The number of methoxy groups -OCH3 is 1. The van der Waals surface area contributed by atoms with Gasteiger partial charge in [0, 0.05) is 7.11 Å². The molecule has 4 aliphatic carbocycles. The molecule has 0 aromatic heterocycles. The fraction of sp³-hybridized carbons (Fsp3) is 0.871. The van der Waals surface area contributed by atoms with Crippen LogP contribution in [0.3, 0.4) is 0 Å². The lowest BCUT2D eigenvalue weighted by Gasteiger charge is -2.61. The molecule has 0 heterocycles. The van der Waals surface area contributed by atoms with E-state index in [0.29, 0.717) is 24.2 Å². The number of hydrogen-bond donors (Lipinski definition) is 3. The topological polar surface area (TPSA) is 69.9 Å². The number of aliphatic hydroxyl groups is 3. The van der Waals surface area contributed by atoms with Gasteiger partial charge in [0.25, 0.3) is 0 Å². The van der Waals surface area contributed by atoms with Gasteiger partial charge in [-0.05, 0) is 109 Å². The molecule has 4 aliphatic rings. The second kappa shape index (κ2) is 8.96. The monoisotopic (exact) mass is 488 g/mol. The van der Waals surface area contributed by atoms with Crippen molar-refractivity contribution in [3.63, 3.8) is 0 Å². The van der Waals surface area contributed by atoms with Gasteiger partial charge in [-0.1, -0.05) is 53.7 Å². The van der Waals surface area contributed by atoms with E-state index >= 15 is 0 Å². The Morgan fingerprint density at radius 2 is 1.74 bits per heavy atom. The first kappa shape index (κ1) is 27.4. The number of ether oxygens (including phenoxy) is 1. The summed E-state index contributed by atoms with van der Waals surface area (Å²) in [4.78, 5) is 0. The van der Waals surface area contributed by atoms with Crippen molar-refractivity contribution < 1.29 is 20.1 Å². The maximum Gasteiger partial charge on any atom is 0.114 e. The Kier molecular flexibility index (Phi) is 7.00. The molecule has 0 amide bonds. The average Bonchev–Trinajstić information content (AvgIpc) is 3.10. The normalized spacial score (nSPS) is 43.7. The van der Waals surface area contributed by atoms with Crippen LogP contribution in [-0.2, 0) is 4.74 Å². The number of allylic oxidation sites excluding steroid dienone is 4. The SMILES string of the molecule is CO[C@](C)(CO)[C@@H](O)CC[C@@H](C)[C@H]1CC[C@@]2(C)C3=CC[C@H]4C(C)(C)[C@@H](O)CC[C@]4(C)C3=CC[C@]12C. The first-order valence-corrected chi connectivity index (χ1v) is 14.1. The Labute approximate surface area is 214 Å². The quantitative estimate of drug-likeness (QED) is 0.408. The van der Waals surface area contributed by atoms with Crippen LogP contribution >= 0.6 is 0 Å². The lowest BCUT2D eigenvalue weighted by Crippen LogP contribution is -2.54. The molecule has 9 atom stereocenters. The van der Waals surface area contributed by atoms with E-state index in [1.165, 1.54) is 12.8 Å². The molecule has 4 nitrogen and oxygen atoms in total. The third-order valence-electron chi connectivity index (χ3n) is 12.4. The molecule has 200 valence electrons. The molecule has 4 rings (SSSR count). The molecule has 0 bridgehead atoms. The second-order valence-electron chi connectivity index (χ2n) is 14.2. The van der Waals surface area contributed by atoms with Crippen LogP contribution in [0.4, 0.5) is 0 Å². The molecule has 0 aromatic rings. The zero-order chi connectivity index (χ0) is 26.0. The maximum atomic E-state index is 10.8. The van der Waals surface area contributed by atoms with E-state index in [1.807, 2.05) is 0 Å². The van der Waals surface area contributed by atoms with E-state index in [1.54, 1.807) is 25.2 Å². The van der Waals surface area contributed by atoms with Crippen LogP contribution in [0.1, 0.15) is 99.8 Å². The minimum absolute atomic E-state index is 0.0592. The van der Waals surface area contributed by atoms with Crippen LogP contribution in [0.25, 0.3) is 0 Å². The van der Waals surface area contributed by atoms with Gasteiger partial charge in [0.1, 0.15) is 5.60 Å². The zero-order valence-corrected chi connectivity index (χ0v) is 23.7. The van der Waals surface area contributed by atoms with E-state index in [0.717, 1.165) is 32.1 Å². The van der Waals surface area contributed by atoms with Crippen LogP contribution in [-0.4, -0.2) is 46.8 Å². The predicted octanol–water partition coefficient (Wildman–Crippen LogP) is 6.05. The highest BCUT2D eigenvalue weighted by Gasteiger charge is 2.63. The smallest absolute Gasteiger partial charge is 0.114 e. The molecule has 0 aromatic carbocycles. The van der Waals surface area contributed by atoms with Gasteiger partial charge in [0.2, 0.25) is 0 Å². The lowest BCUT2D eigenvalue weighted by molar-refractivity contribution is -0.121. The number of rotatable bonds is 7. The Balaban J connectivity index is 1.58. The first-order valence-electron chi connectivity index (χ1n) is 14.1. The van der Waals surface area contributed by atoms with Crippen molar-refractivity contribution in [1.29, 1.82) is 0 Å². The highest BCUT2D eigenvalue weighted by atomic mass is 16.5. The fourth-order valence-electron chi connectivity index (χ4n) is 9.18. The van der Waals surface area contributed by atoms with Crippen LogP contribution in [0, 0.1) is 39.4 Å². The minimum Gasteiger partial charge on any atom is -0.393 e. The number of fused-ring (bicyclic) bond motifs is 5. The molecule has 0 saturated heterocycles. The molecule has 0 spiro atoms. The average molecular weight is 489 g/mol. The predicted molar refractivity (Wildman–Crippen MR) is 142 cm³/mol. The van der Waals surface area contributed by atoms with Gasteiger partial charge >= 0.3 is 0 Å². The Morgan fingerprint density at radius 3 is 2.37 bits per heavy atom. The molecule has 0 radical (unpaired) electrons. The third-order valence-corrected chi connectivity index (χ3v) is 12.4. The van der Waals surface area contributed by atoms with Crippen LogP contribution in [0.2, 0.25) is 0 Å². The highest BCUT2D eigenvalue weighted by Crippen LogP contribution is 2.71. The van der Waals surface area contributed by atoms with Gasteiger partial charge in [-0.2, -0.15) is 0 Å². The largest absolute Gasteiger partial charge is 0.393 e. The van der Waals surface area contributed by atoms with Crippen molar-refractivity contribution >= 4 is 0 Å². The maximum absolute atomic E-state index is 10.8. The number of hydrogen-bond acceptors (Lipinski definition) is 4. The molecule has 3 N–H and O–H groups in total. The summed E-state index contributed by atoms with van der Waals surface area (Å²) < 4.78 is 5.43. The number of aliphatic hydroxyl groups excluding tert-OH is 3. The Hall–Kier alpha value is -0.680. The second-order valence-corrected chi connectivity index (χ2v) is 14.2. The highest BCUT2D eigenvalue weighted by molar-refractivity contribution is 5.49.